The van der Waals surface area contributed by atoms with E-state index < -0.39 is 0 Å². The zero-order valence-corrected chi connectivity index (χ0v) is 11.3. The number of unbranched alkanes of at least 4 members (excludes halogenated alkanes) is 1. The summed E-state index contributed by atoms with van der Waals surface area (Å²) in [6.07, 6.45) is 5.90. The Morgan fingerprint density at radius 1 is 1.06 bits per heavy atom. The third kappa shape index (κ3) is 5.57. The monoisotopic (exact) mass is 237 g/mol. The number of nitrogens with one attached hydrogen (secondary N) is 1. The minimum absolute atomic E-state index is 1.00. The maximum absolute atomic E-state index is 3.49. The molecular formula is C14H23NS. The first-order chi connectivity index (χ1) is 7.86. The number of hydrogen-bond acceptors (Lipinski definition) is 2. The van der Waals surface area contributed by atoms with Gasteiger partial charge in [-0.05, 0) is 48.9 Å². The molecule has 0 spiro atoms. The molecule has 1 nitrogen and oxygen atoms in total. The molecular weight excluding hydrogens is 214 g/mol. The van der Waals surface area contributed by atoms with Crippen LogP contribution < -0.4 is 5.32 Å². The highest BCUT2D eigenvalue weighted by atomic mass is 32.2. The molecule has 16 heavy (non-hydrogen) atoms. The normalized spacial score (nSPS) is 10.6. The molecule has 0 aliphatic carbocycles. The first-order valence-corrected chi connectivity index (χ1v) is 7.53. The molecule has 1 aromatic carbocycles. The fraction of sp³-hybridized carbons (Fsp3) is 0.571. The summed E-state index contributed by atoms with van der Waals surface area (Å²) in [7, 11) is 0. The Hall–Kier alpha value is -0.470. The van der Waals surface area contributed by atoms with E-state index in [0.29, 0.717) is 0 Å². The summed E-state index contributed by atoms with van der Waals surface area (Å²) < 4.78 is 0. The molecule has 0 atom stereocenters. The van der Waals surface area contributed by atoms with Gasteiger partial charge in [0.25, 0.3) is 0 Å². The number of benzene rings is 1. The lowest BCUT2D eigenvalue weighted by Gasteiger charge is -2.05. The molecule has 0 saturated carbocycles. The van der Waals surface area contributed by atoms with Gasteiger partial charge in [-0.15, -0.1) is 0 Å². The summed E-state index contributed by atoms with van der Waals surface area (Å²) in [5.41, 5.74) is 2.81. The summed E-state index contributed by atoms with van der Waals surface area (Å²) in [5, 5.41) is 3.49. The molecule has 0 bridgehead atoms. The lowest BCUT2D eigenvalue weighted by atomic mass is 10.1. The molecule has 1 aromatic rings. The van der Waals surface area contributed by atoms with Crippen LogP contribution in [0, 0.1) is 0 Å². The Kier molecular flexibility index (Phi) is 7.35. The summed E-state index contributed by atoms with van der Waals surface area (Å²) >= 11 is 1.93. The van der Waals surface area contributed by atoms with Crippen molar-refractivity contribution < 1.29 is 0 Å². The van der Waals surface area contributed by atoms with Crippen molar-refractivity contribution in [3.63, 3.8) is 0 Å². The van der Waals surface area contributed by atoms with Crippen molar-refractivity contribution in [2.24, 2.45) is 0 Å². The van der Waals surface area contributed by atoms with Gasteiger partial charge in [0, 0.05) is 6.54 Å². The van der Waals surface area contributed by atoms with Gasteiger partial charge in [0.1, 0.15) is 0 Å². The maximum Gasteiger partial charge on any atom is 0.0205 e. The van der Waals surface area contributed by atoms with E-state index in [-0.39, 0.29) is 0 Å². The lowest BCUT2D eigenvalue weighted by molar-refractivity contribution is 0.644. The van der Waals surface area contributed by atoms with Crippen LogP contribution in [0.2, 0.25) is 0 Å². The van der Waals surface area contributed by atoms with Gasteiger partial charge >= 0.3 is 0 Å². The van der Waals surface area contributed by atoms with E-state index in [1.54, 1.807) is 0 Å². The second-order valence-corrected chi connectivity index (χ2v) is 5.03. The van der Waals surface area contributed by atoms with Crippen LogP contribution in [0.1, 0.15) is 30.9 Å². The highest BCUT2D eigenvalue weighted by Gasteiger charge is 1.93. The van der Waals surface area contributed by atoms with Crippen molar-refractivity contribution in [1.29, 1.82) is 0 Å². The molecule has 0 heterocycles. The zero-order chi connectivity index (χ0) is 11.6. The third-order valence-corrected chi connectivity index (χ3v) is 3.41. The van der Waals surface area contributed by atoms with E-state index >= 15 is 0 Å². The van der Waals surface area contributed by atoms with Crippen LogP contribution in [0.4, 0.5) is 0 Å². The molecule has 0 saturated heterocycles. The largest absolute Gasteiger partial charge is 0.313 e. The van der Waals surface area contributed by atoms with Crippen molar-refractivity contribution in [3.05, 3.63) is 35.4 Å². The van der Waals surface area contributed by atoms with Gasteiger partial charge in [-0.2, -0.15) is 11.8 Å². The average Bonchev–Trinajstić information content (AvgIpc) is 2.34. The molecule has 1 N–H and O–H groups in total. The topological polar surface area (TPSA) is 12.0 Å². The summed E-state index contributed by atoms with van der Waals surface area (Å²) in [6.45, 7) is 4.33. The van der Waals surface area contributed by atoms with E-state index in [4.69, 9.17) is 0 Å². The van der Waals surface area contributed by atoms with E-state index in [0.717, 1.165) is 19.5 Å². The lowest BCUT2D eigenvalue weighted by Crippen LogP contribution is -2.14. The minimum Gasteiger partial charge on any atom is -0.313 e. The van der Waals surface area contributed by atoms with Gasteiger partial charge in [-0.3, -0.25) is 0 Å². The Morgan fingerprint density at radius 3 is 2.38 bits per heavy atom. The molecule has 0 amide bonds. The van der Waals surface area contributed by atoms with Gasteiger partial charge in [0.05, 0.1) is 0 Å². The van der Waals surface area contributed by atoms with E-state index in [9.17, 15) is 0 Å². The number of hydrogen-bond donors (Lipinski definition) is 1. The van der Waals surface area contributed by atoms with Crippen LogP contribution >= 0.6 is 11.8 Å². The van der Waals surface area contributed by atoms with Crippen molar-refractivity contribution in [3.8, 4) is 0 Å². The van der Waals surface area contributed by atoms with Gasteiger partial charge in [-0.25, -0.2) is 0 Å². The highest BCUT2D eigenvalue weighted by Crippen LogP contribution is 2.05. The van der Waals surface area contributed by atoms with Crippen LogP contribution in [-0.2, 0) is 13.0 Å². The van der Waals surface area contributed by atoms with E-state index in [1.807, 2.05) is 11.8 Å². The number of thioether (sulfide) groups is 1. The van der Waals surface area contributed by atoms with Crippen molar-refractivity contribution in [2.45, 2.75) is 32.7 Å². The van der Waals surface area contributed by atoms with Crippen LogP contribution in [0.25, 0.3) is 0 Å². The highest BCUT2D eigenvalue weighted by molar-refractivity contribution is 7.98. The second-order valence-electron chi connectivity index (χ2n) is 4.05. The molecule has 0 fully saturated rings. The predicted molar refractivity (Wildman–Crippen MR) is 75.1 cm³/mol. The molecule has 0 aliphatic rings. The average molecular weight is 237 g/mol. The summed E-state index contributed by atoms with van der Waals surface area (Å²) in [6, 6.07) is 8.91. The molecule has 0 aromatic heterocycles. The first-order valence-electron chi connectivity index (χ1n) is 6.14. The van der Waals surface area contributed by atoms with Crippen LogP contribution in [-0.4, -0.2) is 18.6 Å². The summed E-state index contributed by atoms with van der Waals surface area (Å²) in [4.78, 5) is 0. The minimum atomic E-state index is 1.00. The Labute approximate surface area is 104 Å². The van der Waals surface area contributed by atoms with Crippen LogP contribution in [0.3, 0.4) is 0 Å². The fourth-order valence-electron chi connectivity index (χ4n) is 1.62. The summed E-state index contributed by atoms with van der Waals surface area (Å²) in [5.74, 6) is 1.28. The SMILES string of the molecule is CCc1ccc(CNCCCCSC)cc1. The Bertz CT molecular complexity index is 269. The quantitative estimate of drug-likeness (QED) is 0.695. The molecule has 1 rings (SSSR count). The predicted octanol–water partition coefficient (Wildman–Crippen LogP) is 3.48. The molecule has 0 aliphatic heterocycles. The van der Waals surface area contributed by atoms with Crippen molar-refractivity contribution in [2.75, 3.05) is 18.6 Å². The smallest absolute Gasteiger partial charge is 0.0205 e. The number of rotatable bonds is 8. The first kappa shape index (κ1) is 13.6. The van der Waals surface area contributed by atoms with E-state index in [2.05, 4.69) is 42.8 Å². The van der Waals surface area contributed by atoms with Crippen LogP contribution in [0.5, 0.6) is 0 Å². The number of aryl methyl sites for hydroxylation is 1. The third-order valence-electron chi connectivity index (χ3n) is 2.71. The zero-order valence-electron chi connectivity index (χ0n) is 10.5. The molecule has 2 heteroatoms. The molecule has 0 unspecified atom stereocenters. The van der Waals surface area contributed by atoms with Gasteiger partial charge < -0.3 is 5.32 Å². The maximum atomic E-state index is 3.49. The standard InChI is InChI=1S/C14H23NS/c1-3-13-6-8-14(9-7-13)12-15-10-4-5-11-16-2/h6-9,15H,3-5,10-12H2,1-2H3. The second kappa shape index (κ2) is 8.66. The molecule has 0 radical (unpaired) electrons. The Balaban J connectivity index is 2.12. The van der Waals surface area contributed by atoms with E-state index in [1.165, 1.54) is 29.7 Å². The molecule has 90 valence electrons. The van der Waals surface area contributed by atoms with Gasteiger partial charge in [-0.1, -0.05) is 31.2 Å². The van der Waals surface area contributed by atoms with Crippen molar-refractivity contribution in [1.82, 2.24) is 5.32 Å². The fourth-order valence-corrected chi connectivity index (χ4v) is 2.11. The van der Waals surface area contributed by atoms with Crippen molar-refractivity contribution >= 4 is 11.8 Å². The Morgan fingerprint density at radius 2 is 1.75 bits per heavy atom. The van der Waals surface area contributed by atoms with Crippen LogP contribution in [0.15, 0.2) is 24.3 Å². The van der Waals surface area contributed by atoms with Gasteiger partial charge in [0.2, 0.25) is 0 Å². The van der Waals surface area contributed by atoms with Gasteiger partial charge in [0.15, 0.2) is 0 Å².